The molecule has 6 N–H and O–H groups in total. The van der Waals surface area contributed by atoms with Crippen molar-refractivity contribution in [2.24, 2.45) is 23.7 Å². The number of carbonyl (C=O) groups excluding carboxylic acids is 11. The van der Waals surface area contributed by atoms with Crippen LogP contribution < -0.4 is 36.6 Å². The number of Topliss-reactive ketones (excluding diaryl/α,β-unsaturated/α-hetero) is 2. The number of imide groups is 1. The molecule has 5 rings (SSSR count). The monoisotopic (exact) mass is 1040 g/mol. The van der Waals surface area contributed by atoms with Crippen molar-refractivity contribution in [1.82, 2.24) is 41.9 Å². The predicted molar refractivity (Wildman–Crippen MR) is 276 cm³/mol. The van der Waals surface area contributed by atoms with E-state index in [1.54, 1.807) is 33.1 Å². The second kappa shape index (κ2) is 26.3. The Labute approximate surface area is 436 Å². The lowest BCUT2D eigenvalue weighted by molar-refractivity contribution is -0.197. The lowest BCUT2D eigenvalue weighted by Crippen LogP contribution is -2.59. The van der Waals surface area contributed by atoms with Crippen molar-refractivity contribution < 1.29 is 62.3 Å². The van der Waals surface area contributed by atoms with Crippen LogP contribution in [0.2, 0.25) is 0 Å². The van der Waals surface area contributed by atoms with Crippen LogP contribution in [0.4, 0.5) is 0 Å². The van der Waals surface area contributed by atoms with Crippen molar-refractivity contribution in [3.8, 4) is 5.75 Å². The maximum absolute atomic E-state index is 14.1. The number of amides is 8. The first kappa shape index (κ1) is 58.6. The van der Waals surface area contributed by atoms with Crippen molar-refractivity contribution >= 4 is 86.3 Å². The van der Waals surface area contributed by atoms with Crippen LogP contribution in [0.5, 0.6) is 5.75 Å². The maximum Gasteiger partial charge on any atom is 0.333 e. The fourth-order valence-electron chi connectivity index (χ4n) is 9.05. The summed E-state index contributed by atoms with van der Waals surface area (Å²) in [5, 5.41) is 19.3. The minimum Gasteiger partial charge on any atom is -0.496 e. The number of benzene rings is 3. The maximum atomic E-state index is 14.1. The van der Waals surface area contributed by atoms with Gasteiger partial charge in [0.25, 0.3) is 11.8 Å². The van der Waals surface area contributed by atoms with E-state index in [0.29, 0.717) is 45.8 Å². The number of methoxy groups -OCH3 is 1. The second-order valence-electron chi connectivity index (χ2n) is 20.6. The molecule has 0 spiro atoms. The molecular formula is C54H72N8O13. The molecule has 0 aromatic heterocycles. The number of rotatable bonds is 26. The van der Waals surface area contributed by atoms with Crippen LogP contribution in [0.1, 0.15) is 121 Å². The zero-order chi connectivity index (χ0) is 55.4. The fraction of sp³-hybridized carbons (Fsp3) is 0.537. The smallest absolute Gasteiger partial charge is 0.333 e. The van der Waals surface area contributed by atoms with Crippen molar-refractivity contribution in [3.05, 3.63) is 53.6 Å². The molecule has 0 saturated carbocycles. The van der Waals surface area contributed by atoms with Crippen molar-refractivity contribution in [2.45, 2.75) is 131 Å². The van der Waals surface area contributed by atoms with E-state index >= 15 is 0 Å². The molecule has 406 valence electrons. The van der Waals surface area contributed by atoms with Crippen molar-refractivity contribution in [3.63, 3.8) is 0 Å². The number of carbonyl (C=O) groups is 11. The van der Waals surface area contributed by atoms with Gasteiger partial charge in [-0.3, -0.25) is 47.9 Å². The normalized spacial score (nSPS) is 16.5. The summed E-state index contributed by atoms with van der Waals surface area (Å²) in [7, 11) is 3.37. The van der Waals surface area contributed by atoms with Crippen LogP contribution in [0, 0.1) is 23.7 Å². The van der Waals surface area contributed by atoms with E-state index in [4.69, 9.17) is 9.57 Å². The standard InChI is InChI=1S/C54H72N8O13/c1-28(2)25-38(58-51(70)32(8)57-53(72)39(26-29(3)4)59-54(73)47(30(5)6)60-41(63)17-20-44(66)75-62-42(64)18-19-43(62)65)52(71)56-31(7)50(69)55-22-24-61(9)23-21-36-48(67)35-15-16-40(74-10)37-27-33-13-11-12-14-34(33)46(45(35)37)49(36)68/h11-16,27-32,36,38-39,47H,17-26H2,1-10H3,(H,55,69)(H,56,71)(H,57,72)(H,58,70)(H,59,73)(H,60,63)/t31-,32-,36?,38-,39-,47-/m0/s1. The first-order chi connectivity index (χ1) is 35.4. The number of ketones is 2. The average molecular weight is 1040 g/mol. The van der Waals surface area contributed by atoms with Crippen molar-refractivity contribution in [1.29, 1.82) is 0 Å². The summed E-state index contributed by atoms with van der Waals surface area (Å²) in [4.78, 5) is 151. The van der Waals surface area contributed by atoms with Crippen LogP contribution in [0.15, 0.2) is 42.5 Å². The van der Waals surface area contributed by atoms with Gasteiger partial charge >= 0.3 is 5.97 Å². The number of hydrogen-bond acceptors (Lipinski definition) is 14. The minimum absolute atomic E-state index is 0.0729. The molecule has 1 fully saturated rings. The molecule has 1 heterocycles. The summed E-state index contributed by atoms with van der Waals surface area (Å²) in [5.74, 6) is -7.66. The summed E-state index contributed by atoms with van der Waals surface area (Å²) in [6.45, 7) is 14.6. The molecule has 75 heavy (non-hydrogen) atoms. The molecule has 2 aliphatic rings. The summed E-state index contributed by atoms with van der Waals surface area (Å²) in [5.41, 5.74) is 0.993. The molecule has 1 aliphatic carbocycles. The van der Waals surface area contributed by atoms with Crippen LogP contribution in [-0.2, 0) is 48.0 Å². The minimum atomic E-state index is -1.18. The molecule has 0 radical (unpaired) electrons. The zero-order valence-corrected chi connectivity index (χ0v) is 44.5. The number of fused-ring (bicyclic) bond motifs is 2. The molecule has 3 aromatic rings. The van der Waals surface area contributed by atoms with Gasteiger partial charge in [-0.15, -0.1) is 5.06 Å². The Hall–Kier alpha value is -7.29. The largest absolute Gasteiger partial charge is 0.496 e. The molecule has 6 atom stereocenters. The fourth-order valence-corrected chi connectivity index (χ4v) is 9.05. The molecule has 0 bridgehead atoms. The average Bonchev–Trinajstić information content (AvgIpc) is 3.66. The number of nitrogens with one attached hydrogen (secondary N) is 6. The summed E-state index contributed by atoms with van der Waals surface area (Å²) in [6.07, 6.45) is -0.471. The number of likely N-dealkylation sites (N-methyl/N-ethyl adjacent to an activating group) is 1. The highest BCUT2D eigenvalue weighted by atomic mass is 16.7. The highest BCUT2D eigenvalue weighted by Crippen LogP contribution is 2.41. The van der Waals surface area contributed by atoms with E-state index in [-0.39, 0.29) is 62.1 Å². The zero-order valence-electron chi connectivity index (χ0n) is 44.5. The molecule has 8 amide bonds. The van der Waals surface area contributed by atoms with Gasteiger partial charge in [0.2, 0.25) is 35.4 Å². The van der Waals surface area contributed by atoms with E-state index in [2.05, 4.69) is 31.9 Å². The molecule has 1 saturated heterocycles. The molecule has 1 aliphatic heterocycles. The first-order valence-electron chi connectivity index (χ1n) is 25.6. The third-order valence-corrected chi connectivity index (χ3v) is 13.1. The van der Waals surface area contributed by atoms with E-state index < -0.39 is 108 Å². The Morgan fingerprint density at radius 2 is 1.25 bits per heavy atom. The topological polar surface area (TPSA) is 285 Å². The molecule has 21 heteroatoms. The quantitative estimate of drug-likeness (QED) is 0.0383. The highest BCUT2D eigenvalue weighted by Gasteiger charge is 2.38. The van der Waals surface area contributed by atoms with Gasteiger partial charge in [-0.1, -0.05) is 65.8 Å². The van der Waals surface area contributed by atoms with Crippen LogP contribution in [0.3, 0.4) is 0 Å². The second-order valence-corrected chi connectivity index (χ2v) is 20.6. The summed E-state index contributed by atoms with van der Waals surface area (Å²) in [6, 6.07) is 7.43. The van der Waals surface area contributed by atoms with Gasteiger partial charge < -0.3 is 46.4 Å². The highest BCUT2D eigenvalue weighted by molar-refractivity contribution is 6.34. The predicted octanol–water partition coefficient (Wildman–Crippen LogP) is 3.03. The van der Waals surface area contributed by atoms with E-state index in [0.717, 1.165) is 10.8 Å². The molecule has 1 unspecified atom stereocenters. The summed E-state index contributed by atoms with van der Waals surface area (Å²) < 4.78 is 5.59. The van der Waals surface area contributed by atoms with Gasteiger partial charge in [0.1, 0.15) is 36.0 Å². The Bertz CT molecular complexity index is 2690. The first-order valence-corrected chi connectivity index (χ1v) is 25.6. The van der Waals surface area contributed by atoms with E-state index in [1.165, 1.54) is 13.8 Å². The summed E-state index contributed by atoms with van der Waals surface area (Å²) >= 11 is 0. The van der Waals surface area contributed by atoms with Crippen LogP contribution in [-0.4, -0.2) is 139 Å². The van der Waals surface area contributed by atoms with Crippen LogP contribution in [0.25, 0.3) is 21.5 Å². The van der Waals surface area contributed by atoms with Gasteiger partial charge in [-0.2, -0.15) is 0 Å². The third-order valence-electron chi connectivity index (χ3n) is 13.1. The Kier molecular flexibility index (Phi) is 20.5. The number of hydroxylamine groups is 2. The van der Waals surface area contributed by atoms with E-state index in [9.17, 15) is 52.7 Å². The molecule has 3 aromatic carbocycles. The van der Waals surface area contributed by atoms with Crippen LogP contribution >= 0.6 is 0 Å². The Balaban J connectivity index is 1.09. The van der Waals surface area contributed by atoms with Gasteiger partial charge in [-0.05, 0) is 93.4 Å². The Morgan fingerprint density at radius 3 is 1.84 bits per heavy atom. The van der Waals surface area contributed by atoms with Gasteiger partial charge in [0.05, 0.1) is 19.4 Å². The van der Waals surface area contributed by atoms with Gasteiger partial charge in [0.15, 0.2) is 11.6 Å². The van der Waals surface area contributed by atoms with Crippen molar-refractivity contribution in [2.75, 3.05) is 33.8 Å². The Morgan fingerprint density at radius 1 is 0.667 bits per heavy atom. The number of nitrogens with zero attached hydrogens (tertiary/aromatic N) is 2. The number of ether oxygens (including phenoxy) is 1. The SMILES string of the molecule is COc1ccc2c3c(c4ccccc4cc13)C(=O)C(CCN(C)CCNC(=O)[C@H](C)NC(=O)[C@H](CC(C)C)NC(=O)[C@H](C)NC(=O)[C@H](CC(C)C)NC(=O)[C@@H](NC(=O)CCC(=O)ON1C(=O)CCC1=O)C(C)C)C2=O. The molecule has 21 nitrogen and oxygen atoms in total. The van der Waals surface area contributed by atoms with E-state index in [1.807, 2.05) is 70.0 Å². The third kappa shape index (κ3) is 15.2. The van der Waals surface area contributed by atoms with Gasteiger partial charge in [0, 0.05) is 54.3 Å². The molecular weight excluding hydrogens is 969 g/mol. The van der Waals surface area contributed by atoms with Gasteiger partial charge in [-0.25, -0.2) is 4.79 Å². The number of hydrogen-bond donors (Lipinski definition) is 6. The lowest BCUT2D eigenvalue weighted by atomic mass is 9.76. The lowest BCUT2D eigenvalue weighted by Gasteiger charge is -2.27.